The summed E-state index contributed by atoms with van der Waals surface area (Å²) >= 11 is 0. The number of rotatable bonds is 5. The summed E-state index contributed by atoms with van der Waals surface area (Å²) in [6.07, 6.45) is 0.262. The predicted octanol–water partition coefficient (Wildman–Crippen LogP) is 2.83. The lowest BCUT2D eigenvalue weighted by Gasteiger charge is -2.14. The highest BCUT2D eigenvalue weighted by atomic mass is 127. The van der Waals surface area contributed by atoms with Crippen LogP contribution in [0.5, 0.6) is 5.75 Å². The highest BCUT2D eigenvalue weighted by Crippen LogP contribution is 2.29. The van der Waals surface area contributed by atoms with Crippen LogP contribution in [0.3, 0.4) is 0 Å². The Morgan fingerprint density at radius 3 is 2.74 bits per heavy atom. The number of halogens is 4. The van der Waals surface area contributed by atoms with E-state index in [0.29, 0.717) is 13.1 Å². The van der Waals surface area contributed by atoms with Crippen LogP contribution in [0.1, 0.15) is 0 Å². The van der Waals surface area contributed by atoms with E-state index in [0.717, 1.165) is 0 Å². The monoisotopic (exact) mass is 441 g/mol. The molecule has 2 aromatic rings. The number of ether oxygens (including phenoxy) is 1. The van der Waals surface area contributed by atoms with E-state index in [1.807, 2.05) is 0 Å². The van der Waals surface area contributed by atoms with Gasteiger partial charge in [-0.1, -0.05) is 12.1 Å². The molecule has 0 spiro atoms. The van der Waals surface area contributed by atoms with E-state index in [1.54, 1.807) is 29.4 Å². The zero-order valence-corrected chi connectivity index (χ0v) is 14.2. The van der Waals surface area contributed by atoms with Gasteiger partial charge in [0.1, 0.15) is 0 Å². The van der Waals surface area contributed by atoms with Crippen molar-refractivity contribution in [2.24, 2.45) is 10.7 Å². The van der Waals surface area contributed by atoms with Gasteiger partial charge in [-0.25, -0.2) is 4.98 Å². The second kappa shape index (κ2) is 8.60. The van der Waals surface area contributed by atoms with Crippen molar-refractivity contribution in [1.29, 1.82) is 0 Å². The molecule has 1 heterocycles. The van der Waals surface area contributed by atoms with Crippen molar-refractivity contribution < 1.29 is 17.9 Å². The number of guanidine groups is 1. The van der Waals surface area contributed by atoms with Gasteiger partial charge < -0.3 is 20.4 Å². The summed E-state index contributed by atoms with van der Waals surface area (Å²) in [5.74, 6) is -0.374. The summed E-state index contributed by atoms with van der Waals surface area (Å²) in [6.45, 7) is 0.917. The van der Waals surface area contributed by atoms with Crippen LogP contribution >= 0.6 is 24.0 Å². The van der Waals surface area contributed by atoms with E-state index in [4.69, 9.17) is 5.73 Å². The third-order valence-electron chi connectivity index (χ3n) is 2.58. The van der Waals surface area contributed by atoms with Crippen LogP contribution in [0, 0.1) is 0 Å². The fourth-order valence-electron chi connectivity index (χ4n) is 1.67. The van der Waals surface area contributed by atoms with Crippen LogP contribution in [-0.2, 0) is 6.54 Å². The smallest absolute Gasteiger partial charge is 0.404 e. The number of nitrogens with zero attached hydrogens (tertiary/aromatic N) is 3. The first-order chi connectivity index (χ1) is 10.4. The summed E-state index contributed by atoms with van der Waals surface area (Å²) in [4.78, 5) is 7.91. The number of para-hydroxylation sites is 2. The maximum absolute atomic E-state index is 12.3. The molecule has 0 aliphatic rings. The number of hydrogen-bond donors (Lipinski definition) is 2. The van der Waals surface area contributed by atoms with E-state index in [1.165, 1.54) is 18.2 Å². The molecule has 0 fully saturated rings. The first-order valence-electron chi connectivity index (χ1n) is 6.31. The number of alkyl halides is 3. The lowest BCUT2D eigenvalue weighted by atomic mass is 10.3. The molecule has 2 rings (SSSR count). The Kier molecular flexibility index (Phi) is 7.13. The fourth-order valence-corrected chi connectivity index (χ4v) is 1.67. The zero-order chi connectivity index (χ0) is 16.0. The Balaban J connectivity index is 0.00000264. The highest BCUT2D eigenvalue weighted by molar-refractivity contribution is 14.0. The molecule has 1 aromatic carbocycles. The lowest BCUT2D eigenvalue weighted by molar-refractivity contribution is -0.274. The molecule has 0 saturated carbocycles. The van der Waals surface area contributed by atoms with Crippen LogP contribution in [0.25, 0.3) is 0 Å². The minimum Gasteiger partial charge on any atom is -0.404 e. The van der Waals surface area contributed by atoms with E-state index in [2.05, 4.69) is 20.0 Å². The maximum Gasteiger partial charge on any atom is 0.573 e. The van der Waals surface area contributed by atoms with Crippen molar-refractivity contribution in [3.05, 3.63) is 43.0 Å². The number of benzene rings is 1. The quantitative estimate of drug-likeness (QED) is 0.425. The molecule has 3 N–H and O–H groups in total. The minimum absolute atomic E-state index is 0. The molecule has 0 saturated heterocycles. The first-order valence-corrected chi connectivity index (χ1v) is 6.31. The summed E-state index contributed by atoms with van der Waals surface area (Å²) in [7, 11) is 0. The summed E-state index contributed by atoms with van der Waals surface area (Å²) in [5.41, 5.74) is 5.74. The lowest BCUT2D eigenvalue weighted by Crippen LogP contribution is -2.25. The van der Waals surface area contributed by atoms with E-state index >= 15 is 0 Å². The summed E-state index contributed by atoms with van der Waals surface area (Å²) < 4.78 is 42.6. The second-order valence-corrected chi connectivity index (χ2v) is 4.24. The molecule has 10 heteroatoms. The number of imidazole rings is 1. The average molecular weight is 441 g/mol. The molecule has 126 valence electrons. The van der Waals surface area contributed by atoms with Crippen molar-refractivity contribution in [3.63, 3.8) is 0 Å². The van der Waals surface area contributed by atoms with Crippen LogP contribution in [0.15, 0.2) is 48.0 Å². The van der Waals surface area contributed by atoms with Crippen LogP contribution in [0.4, 0.5) is 18.9 Å². The van der Waals surface area contributed by atoms with Gasteiger partial charge >= 0.3 is 6.36 Å². The van der Waals surface area contributed by atoms with Gasteiger partial charge in [-0.2, -0.15) is 0 Å². The Labute approximate surface area is 147 Å². The van der Waals surface area contributed by atoms with Crippen molar-refractivity contribution in [1.82, 2.24) is 9.55 Å². The topological polar surface area (TPSA) is 77.5 Å². The molecule has 0 aliphatic heterocycles. The number of anilines is 1. The van der Waals surface area contributed by atoms with Gasteiger partial charge in [0.05, 0.1) is 18.6 Å². The third kappa shape index (κ3) is 6.76. The van der Waals surface area contributed by atoms with E-state index < -0.39 is 6.36 Å². The van der Waals surface area contributed by atoms with Gasteiger partial charge in [0.15, 0.2) is 11.7 Å². The SMILES string of the molecule is I.NC(=NCCn1ccnc1)Nc1ccccc1OC(F)(F)F. The first kappa shape index (κ1) is 19.1. The summed E-state index contributed by atoms with van der Waals surface area (Å²) in [6, 6.07) is 5.59. The van der Waals surface area contributed by atoms with Crippen molar-refractivity contribution in [2.75, 3.05) is 11.9 Å². The second-order valence-electron chi connectivity index (χ2n) is 4.24. The predicted molar refractivity (Wildman–Crippen MR) is 90.9 cm³/mol. The minimum atomic E-state index is -4.77. The van der Waals surface area contributed by atoms with Gasteiger partial charge in [0.2, 0.25) is 0 Å². The Bertz CT molecular complexity index is 631. The standard InChI is InChI=1S/C13H14F3N5O.HI/c14-13(15,16)22-11-4-2-1-3-10(11)20-12(17)19-6-8-21-7-5-18-9-21;/h1-5,7,9H,6,8H2,(H3,17,19,20);1H. The van der Waals surface area contributed by atoms with Gasteiger partial charge in [0.25, 0.3) is 0 Å². The zero-order valence-electron chi connectivity index (χ0n) is 11.8. The van der Waals surface area contributed by atoms with E-state index in [-0.39, 0.29) is 41.4 Å². The van der Waals surface area contributed by atoms with Crippen LogP contribution in [0.2, 0.25) is 0 Å². The average Bonchev–Trinajstić information content (AvgIpc) is 2.92. The molecule has 23 heavy (non-hydrogen) atoms. The molecule has 0 amide bonds. The number of nitrogens with one attached hydrogen (secondary N) is 1. The maximum atomic E-state index is 12.3. The van der Waals surface area contributed by atoms with Crippen molar-refractivity contribution in [2.45, 2.75) is 12.9 Å². The van der Waals surface area contributed by atoms with E-state index in [9.17, 15) is 13.2 Å². The van der Waals surface area contributed by atoms with Gasteiger partial charge in [-0.15, -0.1) is 37.1 Å². The third-order valence-corrected chi connectivity index (χ3v) is 2.58. The molecule has 0 aliphatic carbocycles. The van der Waals surface area contributed by atoms with Crippen LogP contribution < -0.4 is 15.8 Å². The number of aliphatic imine (C=N–C) groups is 1. The number of aromatic nitrogens is 2. The van der Waals surface area contributed by atoms with Crippen molar-refractivity contribution in [3.8, 4) is 5.75 Å². The molecular weight excluding hydrogens is 426 g/mol. The number of hydrogen-bond acceptors (Lipinski definition) is 3. The number of nitrogens with two attached hydrogens (primary N) is 1. The Hall–Kier alpha value is -1.98. The summed E-state index contributed by atoms with van der Waals surface area (Å²) in [5, 5.41) is 2.59. The molecule has 1 aromatic heterocycles. The highest BCUT2D eigenvalue weighted by Gasteiger charge is 2.32. The molecule has 0 unspecified atom stereocenters. The van der Waals surface area contributed by atoms with Crippen LogP contribution in [-0.4, -0.2) is 28.4 Å². The van der Waals surface area contributed by atoms with Gasteiger partial charge in [-0.05, 0) is 12.1 Å². The van der Waals surface area contributed by atoms with Gasteiger partial charge in [-0.3, -0.25) is 4.99 Å². The van der Waals surface area contributed by atoms with Gasteiger partial charge in [0, 0.05) is 18.9 Å². The molecule has 0 radical (unpaired) electrons. The molecule has 6 nitrogen and oxygen atoms in total. The van der Waals surface area contributed by atoms with Crippen molar-refractivity contribution >= 4 is 35.6 Å². The molecular formula is C13H15F3IN5O. The Morgan fingerprint density at radius 2 is 2.09 bits per heavy atom. The molecule has 0 bridgehead atoms. The normalized spacial score (nSPS) is 11.7. The fraction of sp³-hybridized carbons (Fsp3) is 0.231. The Morgan fingerprint density at radius 1 is 1.35 bits per heavy atom. The molecule has 0 atom stereocenters. The largest absolute Gasteiger partial charge is 0.573 e.